The van der Waals surface area contributed by atoms with Crippen LogP contribution in [0.15, 0.2) is 24.3 Å². The molecule has 0 aliphatic rings. The number of halogens is 2. The van der Waals surface area contributed by atoms with Gasteiger partial charge in [-0.05, 0) is 24.3 Å². The van der Waals surface area contributed by atoms with E-state index in [0.29, 0.717) is 5.02 Å². The molecule has 1 aromatic carbocycles. The number of amides is 1. The number of hydrogen-bond acceptors (Lipinski definition) is 1. The summed E-state index contributed by atoms with van der Waals surface area (Å²) in [4.78, 5) is 10.2. The third-order valence-electron chi connectivity index (χ3n) is 1.09. The lowest BCUT2D eigenvalue weighted by atomic mass is 10.3. The van der Waals surface area contributed by atoms with E-state index < -0.39 is 0 Å². The Hall–Kier alpha value is -0.540. The number of nitrogens with one attached hydrogen (secondary N) is 1. The first-order valence-electron chi connectivity index (χ1n) is 2.90. The van der Waals surface area contributed by atoms with Crippen molar-refractivity contribution >= 4 is 38.0 Å². The third-order valence-corrected chi connectivity index (χ3v) is 1.54. The fourth-order valence-corrected chi connectivity index (χ4v) is 1.00. The van der Waals surface area contributed by atoms with E-state index in [1.165, 1.54) is 0 Å². The van der Waals surface area contributed by atoms with Crippen molar-refractivity contribution in [3.05, 3.63) is 29.3 Å². The van der Waals surface area contributed by atoms with Gasteiger partial charge in [0.05, 0.1) is 0 Å². The first kappa shape index (κ1) is 8.56. The molecule has 1 N–H and O–H groups in total. The molecule has 0 heterocycles. The Kier molecular flexibility index (Phi) is 2.91. The van der Waals surface area contributed by atoms with E-state index in [1.54, 1.807) is 24.3 Å². The van der Waals surface area contributed by atoms with E-state index in [2.05, 4.69) is 21.2 Å². The lowest BCUT2D eigenvalue weighted by Crippen LogP contribution is -1.99. The van der Waals surface area contributed by atoms with Crippen LogP contribution in [0.3, 0.4) is 0 Å². The second-order valence-corrected chi connectivity index (χ2v) is 3.06. The molecule has 0 unspecified atom stereocenters. The minimum absolute atomic E-state index is 0.264. The second kappa shape index (κ2) is 3.74. The van der Waals surface area contributed by atoms with Crippen LogP contribution in [0.4, 0.5) is 10.5 Å². The average molecular weight is 234 g/mol. The SMILES string of the molecule is O=C(Br)Nc1ccc(Cl)cc1. The predicted molar refractivity (Wildman–Crippen MR) is 49.4 cm³/mol. The molecule has 0 saturated carbocycles. The van der Waals surface area contributed by atoms with Gasteiger partial charge in [-0.3, -0.25) is 4.79 Å². The van der Waals surface area contributed by atoms with Gasteiger partial charge in [0.1, 0.15) is 0 Å². The molecule has 0 saturated heterocycles. The average Bonchev–Trinajstić information content (AvgIpc) is 1.93. The third kappa shape index (κ3) is 2.91. The van der Waals surface area contributed by atoms with Crippen LogP contribution < -0.4 is 5.32 Å². The van der Waals surface area contributed by atoms with E-state index in [-0.39, 0.29) is 4.82 Å². The number of anilines is 1. The maximum absolute atomic E-state index is 10.5. The number of rotatable bonds is 1. The minimum atomic E-state index is -0.264. The number of hydrogen-bond donors (Lipinski definition) is 1. The molecule has 1 amide bonds. The number of carbonyl (C=O) groups is 1. The molecule has 4 heteroatoms. The van der Waals surface area contributed by atoms with Crippen molar-refractivity contribution in [1.29, 1.82) is 0 Å². The molecule has 0 atom stereocenters. The summed E-state index contributed by atoms with van der Waals surface area (Å²) in [5.41, 5.74) is 0.719. The first-order chi connectivity index (χ1) is 5.18. The fraction of sp³-hybridized carbons (Fsp3) is 0. The van der Waals surface area contributed by atoms with E-state index in [9.17, 15) is 4.79 Å². The standard InChI is InChI=1S/C7H5BrClNO/c8-7(11)10-6-3-1-5(9)2-4-6/h1-4H,(H,10,11). The van der Waals surface area contributed by atoms with Gasteiger partial charge in [-0.25, -0.2) is 0 Å². The summed E-state index contributed by atoms with van der Waals surface area (Å²) in [6.07, 6.45) is 0. The Morgan fingerprint density at radius 2 is 1.91 bits per heavy atom. The van der Waals surface area contributed by atoms with Gasteiger partial charge in [-0.2, -0.15) is 0 Å². The van der Waals surface area contributed by atoms with Crippen LogP contribution >= 0.6 is 27.5 Å². The number of benzene rings is 1. The van der Waals surface area contributed by atoms with Gasteiger partial charge < -0.3 is 5.32 Å². The molecular weight excluding hydrogens is 229 g/mol. The molecular formula is C7H5BrClNO. The van der Waals surface area contributed by atoms with Crippen LogP contribution in [0.2, 0.25) is 5.02 Å². The van der Waals surface area contributed by atoms with Crippen LogP contribution in [0.1, 0.15) is 0 Å². The van der Waals surface area contributed by atoms with Crippen molar-refractivity contribution in [3.63, 3.8) is 0 Å². The minimum Gasteiger partial charge on any atom is -0.317 e. The quantitative estimate of drug-likeness (QED) is 0.586. The molecule has 0 bridgehead atoms. The molecule has 2 nitrogen and oxygen atoms in total. The Balaban J connectivity index is 2.74. The summed E-state index contributed by atoms with van der Waals surface area (Å²) in [6.45, 7) is 0. The summed E-state index contributed by atoms with van der Waals surface area (Å²) in [5, 5.41) is 3.20. The molecule has 0 aliphatic carbocycles. The highest BCUT2D eigenvalue weighted by Crippen LogP contribution is 2.13. The molecule has 0 aromatic heterocycles. The lowest BCUT2D eigenvalue weighted by molar-refractivity contribution is 0.270. The van der Waals surface area contributed by atoms with E-state index in [4.69, 9.17) is 11.6 Å². The van der Waals surface area contributed by atoms with Gasteiger partial charge in [-0.15, -0.1) is 0 Å². The first-order valence-corrected chi connectivity index (χ1v) is 4.07. The van der Waals surface area contributed by atoms with Crippen molar-refractivity contribution < 1.29 is 4.79 Å². The Morgan fingerprint density at radius 3 is 2.36 bits per heavy atom. The highest BCUT2D eigenvalue weighted by atomic mass is 79.9. The van der Waals surface area contributed by atoms with Gasteiger partial charge in [-0.1, -0.05) is 11.6 Å². The smallest absolute Gasteiger partial charge is 0.291 e. The summed E-state index contributed by atoms with van der Waals surface area (Å²) >= 11 is 8.37. The van der Waals surface area contributed by atoms with Crippen molar-refractivity contribution in [2.45, 2.75) is 0 Å². The van der Waals surface area contributed by atoms with Crippen molar-refractivity contribution in [1.82, 2.24) is 0 Å². The summed E-state index contributed by atoms with van der Waals surface area (Å²) in [6, 6.07) is 6.86. The highest BCUT2D eigenvalue weighted by molar-refractivity contribution is 9.18. The fourth-order valence-electron chi connectivity index (χ4n) is 0.647. The molecule has 0 spiro atoms. The van der Waals surface area contributed by atoms with Gasteiger partial charge in [0.2, 0.25) is 0 Å². The second-order valence-electron chi connectivity index (χ2n) is 1.91. The molecule has 11 heavy (non-hydrogen) atoms. The Morgan fingerprint density at radius 1 is 1.36 bits per heavy atom. The van der Waals surface area contributed by atoms with Gasteiger partial charge in [0.15, 0.2) is 0 Å². The lowest BCUT2D eigenvalue weighted by Gasteiger charge is -1.98. The maximum Gasteiger partial charge on any atom is 0.291 e. The van der Waals surface area contributed by atoms with Crippen molar-refractivity contribution in [2.75, 3.05) is 5.32 Å². The molecule has 1 rings (SSSR count). The highest BCUT2D eigenvalue weighted by Gasteiger charge is 1.94. The predicted octanol–water partition coefficient (Wildman–Crippen LogP) is 3.27. The molecule has 0 radical (unpaired) electrons. The van der Waals surface area contributed by atoms with Crippen LogP contribution in [-0.2, 0) is 0 Å². The van der Waals surface area contributed by atoms with E-state index in [0.717, 1.165) is 5.69 Å². The molecule has 58 valence electrons. The van der Waals surface area contributed by atoms with Gasteiger partial charge in [0.25, 0.3) is 4.82 Å². The number of carbonyl (C=O) groups excluding carboxylic acids is 1. The van der Waals surface area contributed by atoms with Crippen LogP contribution in [0.25, 0.3) is 0 Å². The topological polar surface area (TPSA) is 29.1 Å². The van der Waals surface area contributed by atoms with Crippen LogP contribution in [0, 0.1) is 0 Å². The summed E-state index contributed by atoms with van der Waals surface area (Å²) < 4.78 is 0. The zero-order valence-electron chi connectivity index (χ0n) is 5.47. The monoisotopic (exact) mass is 233 g/mol. The van der Waals surface area contributed by atoms with E-state index >= 15 is 0 Å². The van der Waals surface area contributed by atoms with Crippen molar-refractivity contribution in [2.24, 2.45) is 0 Å². The van der Waals surface area contributed by atoms with Gasteiger partial charge in [0, 0.05) is 26.6 Å². The zero-order chi connectivity index (χ0) is 8.27. The summed E-state index contributed by atoms with van der Waals surface area (Å²) in [7, 11) is 0. The molecule has 0 aliphatic heterocycles. The van der Waals surface area contributed by atoms with Crippen LogP contribution in [0.5, 0.6) is 0 Å². The molecule has 0 fully saturated rings. The largest absolute Gasteiger partial charge is 0.317 e. The Labute approximate surface area is 77.7 Å². The summed E-state index contributed by atoms with van der Waals surface area (Å²) in [5.74, 6) is 0. The Bertz CT molecular complexity index is 260. The van der Waals surface area contributed by atoms with Crippen LogP contribution in [-0.4, -0.2) is 4.82 Å². The molecule has 1 aromatic rings. The van der Waals surface area contributed by atoms with Gasteiger partial charge >= 0.3 is 0 Å². The van der Waals surface area contributed by atoms with Crippen molar-refractivity contribution in [3.8, 4) is 0 Å². The maximum atomic E-state index is 10.5. The zero-order valence-corrected chi connectivity index (χ0v) is 7.82. The normalized spacial score (nSPS) is 9.27. The van der Waals surface area contributed by atoms with E-state index in [1.807, 2.05) is 0 Å².